The molecule has 5 heteroatoms. The molecule has 0 atom stereocenters. The monoisotopic (exact) mass is 244 g/mol. The van der Waals surface area contributed by atoms with Gasteiger partial charge in [-0.05, 0) is 31.2 Å². The van der Waals surface area contributed by atoms with E-state index in [0.717, 1.165) is 22.8 Å². The number of nitrogens with one attached hydrogen (secondary N) is 1. The van der Waals surface area contributed by atoms with Crippen molar-refractivity contribution in [2.75, 3.05) is 5.32 Å². The Labute approximate surface area is 105 Å². The fourth-order valence-corrected chi connectivity index (χ4v) is 1.42. The summed E-state index contributed by atoms with van der Waals surface area (Å²) in [5.41, 5.74) is 8.12. The molecule has 0 radical (unpaired) electrons. The van der Waals surface area contributed by atoms with Crippen molar-refractivity contribution in [2.45, 2.75) is 6.92 Å². The van der Waals surface area contributed by atoms with Crippen LogP contribution in [0.3, 0.4) is 0 Å². The molecule has 2 aromatic heterocycles. The summed E-state index contributed by atoms with van der Waals surface area (Å²) in [5, 5.41) is 3.14. The van der Waals surface area contributed by atoms with Crippen molar-refractivity contribution < 1.29 is 0 Å². The average Bonchev–Trinajstić information content (AvgIpc) is 2.33. The van der Waals surface area contributed by atoms with Crippen LogP contribution in [-0.2, 0) is 0 Å². The van der Waals surface area contributed by atoms with E-state index in [1.54, 1.807) is 12.4 Å². The molecule has 0 unspecified atom stereocenters. The molecule has 0 aliphatic heterocycles. The van der Waals surface area contributed by atoms with Gasteiger partial charge in [-0.25, -0.2) is 4.98 Å². The molecule has 0 saturated heterocycles. The first-order valence-corrected chi connectivity index (χ1v) is 5.51. The lowest BCUT2D eigenvalue weighted by atomic mass is 10.3. The highest BCUT2D eigenvalue weighted by Gasteiger charge is 1.99. The minimum atomic E-state index is 0.348. The van der Waals surface area contributed by atoms with Gasteiger partial charge in [0.25, 0.3) is 0 Å². The van der Waals surface area contributed by atoms with Crippen molar-refractivity contribution in [1.82, 2.24) is 9.97 Å². The molecule has 0 aliphatic carbocycles. The lowest BCUT2D eigenvalue weighted by Crippen LogP contribution is -2.09. The van der Waals surface area contributed by atoms with E-state index < -0.39 is 0 Å². The molecule has 2 rings (SSSR count). The van der Waals surface area contributed by atoms with Gasteiger partial charge in [0, 0.05) is 17.5 Å². The van der Waals surface area contributed by atoms with Crippen LogP contribution in [0.25, 0.3) is 0 Å². The summed E-state index contributed by atoms with van der Waals surface area (Å²) in [6, 6.07) is 7.55. The van der Waals surface area contributed by atoms with E-state index in [2.05, 4.69) is 15.3 Å². The largest absolute Gasteiger partial charge is 0.389 e. The van der Waals surface area contributed by atoms with E-state index in [0.29, 0.717) is 4.99 Å². The van der Waals surface area contributed by atoms with Crippen LogP contribution in [0.15, 0.2) is 36.7 Å². The standard InChI is InChI=1S/C12H12N4S/c1-8-2-4-10(7-14-8)16-11-5-3-9(6-15-11)12(13)17/h2-7H,1H3,(H2,13,17)(H,15,16). The van der Waals surface area contributed by atoms with Gasteiger partial charge in [0.1, 0.15) is 10.8 Å². The summed E-state index contributed by atoms with van der Waals surface area (Å²) in [7, 11) is 0. The molecule has 0 aromatic carbocycles. The fourth-order valence-electron chi connectivity index (χ4n) is 1.30. The number of hydrogen-bond donors (Lipinski definition) is 2. The first-order valence-electron chi connectivity index (χ1n) is 5.11. The quantitative estimate of drug-likeness (QED) is 0.810. The predicted octanol–water partition coefficient (Wildman–Crippen LogP) is 2.16. The first-order chi connectivity index (χ1) is 8.15. The number of pyridine rings is 2. The SMILES string of the molecule is Cc1ccc(Nc2ccc(C(N)=S)cn2)cn1. The zero-order valence-electron chi connectivity index (χ0n) is 9.34. The minimum absolute atomic E-state index is 0.348. The van der Waals surface area contributed by atoms with Gasteiger partial charge in [-0.15, -0.1) is 0 Å². The summed E-state index contributed by atoms with van der Waals surface area (Å²) in [5.74, 6) is 0.732. The maximum atomic E-state index is 5.49. The topological polar surface area (TPSA) is 63.8 Å². The Morgan fingerprint density at radius 3 is 2.53 bits per heavy atom. The molecule has 17 heavy (non-hydrogen) atoms. The number of nitrogens with two attached hydrogens (primary N) is 1. The average molecular weight is 244 g/mol. The third kappa shape index (κ3) is 2.98. The fraction of sp³-hybridized carbons (Fsp3) is 0.0833. The highest BCUT2D eigenvalue weighted by atomic mass is 32.1. The van der Waals surface area contributed by atoms with E-state index in [9.17, 15) is 0 Å². The van der Waals surface area contributed by atoms with Gasteiger partial charge in [0.05, 0.1) is 11.9 Å². The highest BCUT2D eigenvalue weighted by molar-refractivity contribution is 7.80. The van der Waals surface area contributed by atoms with Crippen LogP contribution in [0.1, 0.15) is 11.3 Å². The van der Waals surface area contributed by atoms with Crippen LogP contribution in [0.5, 0.6) is 0 Å². The van der Waals surface area contributed by atoms with Crippen LogP contribution < -0.4 is 11.1 Å². The summed E-state index contributed by atoms with van der Waals surface area (Å²) in [4.78, 5) is 8.75. The number of thiocarbonyl (C=S) groups is 1. The van der Waals surface area contributed by atoms with Crippen molar-refractivity contribution in [3.05, 3.63) is 47.9 Å². The minimum Gasteiger partial charge on any atom is -0.389 e. The number of rotatable bonds is 3. The molecule has 4 nitrogen and oxygen atoms in total. The van der Waals surface area contributed by atoms with Crippen molar-refractivity contribution in [2.24, 2.45) is 5.73 Å². The normalized spacial score (nSPS) is 9.94. The molecule has 0 bridgehead atoms. The molecule has 2 aromatic rings. The molecular formula is C12H12N4S. The molecule has 0 fully saturated rings. The van der Waals surface area contributed by atoms with Crippen LogP contribution in [0.4, 0.5) is 11.5 Å². The van der Waals surface area contributed by atoms with Crippen LogP contribution >= 0.6 is 12.2 Å². The molecule has 0 aliphatic rings. The lowest BCUT2D eigenvalue weighted by molar-refractivity contribution is 1.19. The van der Waals surface area contributed by atoms with E-state index >= 15 is 0 Å². The third-order valence-corrected chi connectivity index (χ3v) is 2.47. The predicted molar refractivity (Wildman–Crippen MR) is 72.4 cm³/mol. The number of aromatic nitrogens is 2. The van der Waals surface area contributed by atoms with Gasteiger partial charge in [-0.1, -0.05) is 12.2 Å². The maximum absolute atomic E-state index is 5.49. The van der Waals surface area contributed by atoms with Crippen LogP contribution in [0.2, 0.25) is 0 Å². The summed E-state index contributed by atoms with van der Waals surface area (Å²) in [6.07, 6.45) is 3.41. The Bertz CT molecular complexity index is 519. The summed E-state index contributed by atoms with van der Waals surface area (Å²) >= 11 is 4.86. The lowest BCUT2D eigenvalue weighted by Gasteiger charge is -2.05. The van der Waals surface area contributed by atoms with Gasteiger partial charge >= 0.3 is 0 Å². The highest BCUT2D eigenvalue weighted by Crippen LogP contribution is 2.13. The number of anilines is 2. The number of hydrogen-bond acceptors (Lipinski definition) is 4. The molecule has 2 heterocycles. The van der Waals surface area contributed by atoms with Gasteiger partial charge in [-0.2, -0.15) is 0 Å². The van der Waals surface area contributed by atoms with E-state index in [4.69, 9.17) is 18.0 Å². The maximum Gasteiger partial charge on any atom is 0.130 e. The molecule has 3 N–H and O–H groups in total. The van der Waals surface area contributed by atoms with Crippen molar-refractivity contribution in [3.63, 3.8) is 0 Å². The second-order valence-corrected chi connectivity index (χ2v) is 4.05. The van der Waals surface area contributed by atoms with Gasteiger partial charge in [0.15, 0.2) is 0 Å². The second kappa shape index (κ2) is 4.88. The third-order valence-electron chi connectivity index (χ3n) is 2.23. The Hall–Kier alpha value is -2.01. The van der Waals surface area contributed by atoms with Crippen LogP contribution in [-0.4, -0.2) is 15.0 Å². The van der Waals surface area contributed by atoms with Crippen molar-refractivity contribution in [1.29, 1.82) is 0 Å². The molecular weight excluding hydrogens is 232 g/mol. The van der Waals surface area contributed by atoms with Crippen molar-refractivity contribution >= 4 is 28.7 Å². The Balaban J connectivity index is 2.13. The van der Waals surface area contributed by atoms with Crippen molar-refractivity contribution in [3.8, 4) is 0 Å². The molecule has 0 spiro atoms. The smallest absolute Gasteiger partial charge is 0.130 e. The van der Waals surface area contributed by atoms with Crippen LogP contribution in [0, 0.1) is 6.92 Å². The molecule has 0 amide bonds. The number of aryl methyl sites for hydroxylation is 1. The van der Waals surface area contributed by atoms with E-state index in [1.807, 2.05) is 31.2 Å². The zero-order chi connectivity index (χ0) is 12.3. The molecule has 86 valence electrons. The first kappa shape index (κ1) is 11.5. The molecule has 0 saturated carbocycles. The van der Waals surface area contributed by atoms with E-state index in [-0.39, 0.29) is 0 Å². The zero-order valence-corrected chi connectivity index (χ0v) is 10.2. The second-order valence-electron chi connectivity index (χ2n) is 3.61. The Morgan fingerprint density at radius 2 is 2.00 bits per heavy atom. The van der Waals surface area contributed by atoms with E-state index in [1.165, 1.54) is 0 Å². The van der Waals surface area contributed by atoms with Gasteiger partial charge < -0.3 is 11.1 Å². The Morgan fingerprint density at radius 1 is 1.18 bits per heavy atom. The van der Waals surface area contributed by atoms with Gasteiger partial charge in [-0.3, -0.25) is 4.98 Å². The number of nitrogens with zero attached hydrogens (tertiary/aromatic N) is 2. The summed E-state index contributed by atoms with van der Waals surface area (Å²) < 4.78 is 0. The summed E-state index contributed by atoms with van der Waals surface area (Å²) in [6.45, 7) is 1.94. The Kier molecular flexibility index (Phi) is 3.30. The van der Waals surface area contributed by atoms with Gasteiger partial charge in [0.2, 0.25) is 0 Å².